The summed E-state index contributed by atoms with van der Waals surface area (Å²) in [6, 6.07) is -0.989. The first kappa shape index (κ1) is 16.6. The van der Waals surface area contributed by atoms with Crippen LogP contribution >= 0.6 is 0 Å². The average molecular weight is 290 g/mol. The van der Waals surface area contributed by atoms with Crippen molar-refractivity contribution in [2.75, 3.05) is 19.8 Å². The lowest BCUT2D eigenvalue weighted by molar-refractivity contribution is -0.269. The summed E-state index contributed by atoms with van der Waals surface area (Å²) in [6.07, 6.45) is -4.80. The highest BCUT2D eigenvalue weighted by molar-refractivity contribution is 5.73. The molecule has 10 heteroatoms. The molecule has 0 radical (unpaired) electrons. The lowest BCUT2D eigenvalue weighted by Gasteiger charge is -2.42. The van der Waals surface area contributed by atoms with Crippen LogP contribution in [0.2, 0.25) is 0 Å². The molecule has 0 bridgehead atoms. The number of amides is 1. The Hall–Kier alpha value is -1.42. The van der Waals surface area contributed by atoms with Crippen molar-refractivity contribution < 1.29 is 29.6 Å². The molecule has 0 aromatic heterocycles. The van der Waals surface area contributed by atoms with Gasteiger partial charge in [0.15, 0.2) is 6.29 Å². The summed E-state index contributed by atoms with van der Waals surface area (Å²) in [6.45, 7) is 0.785. The molecule has 4 N–H and O–H groups in total. The van der Waals surface area contributed by atoms with Crippen LogP contribution in [0.4, 0.5) is 0 Å². The first-order valence-corrected chi connectivity index (χ1v) is 6.03. The van der Waals surface area contributed by atoms with Crippen LogP contribution in [0.1, 0.15) is 6.92 Å². The van der Waals surface area contributed by atoms with Gasteiger partial charge < -0.3 is 30.1 Å². The highest BCUT2D eigenvalue weighted by atomic mass is 16.7. The van der Waals surface area contributed by atoms with Crippen LogP contribution in [0, 0.1) is 0 Å². The van der Waals surface area contributed by atoms with Crippen molar-refractivity contribution in [3.63, 3.8) is 0 Å². The van der Waals surface area contributed by atoms with Crippen LogP contribution in [0.5, 0.6) is 0 Å². The molecule has 1 rings (SSSR count). The Kier molecular flexibility index (Phi) is 6.65. The molecule has 0 aromatic carbocycles. The minimum atomic E-state index is -1.35. The van der Waals surface area contributed by atoms with Gasteiger partial charge in [0.2, 0.25) is 5.91 Å². The number of rotatable bonds is 6. The fourth-order valence-electron chi connectivity index (χ4n) is 1.87. The van der Waals surface area contributed by atoms with E-state index in [0.29, 0.717) is 0 Å². The van der Waals surface area contributed by atoms with Crippen LogP contribution in [0.3, 0.4) is 0 Å². The van der Waals surface area contributed by atoms with E-state index in [0.717, 1.165) is 0 Å². The van der Waals surface area contributed by atoms with E-state index in [9.17, 15) is 15.0 Å². The largest absolute Gasteiger partial charge is 0.394 e. The maximum Gasteiger partial charge on any atom is 0.217 e. The number of ether oxygens (including phenoxy) is 2. The highest BCUT2D eigenvalue weighted by Gasteiger charge is 2.45. The smallest absolute Gasteiger partial charge is 0.217 e. The number of aliphatic hydroxyl groups excluding tert-OH is 3. The number of aliphatic hydroxyl groups is 3. The zero-order valence-electron chi connectivity index (χ0n) is 10.9. The van der Waals surface area contributed by atoms with Crippen LogP contribution in [-0.2, 0) is 14.3 Å². The van der Waals surface area contributed by atoms with Crippen molar-refractivity contribution in [1.82, 2.24) is 5.32 Å². The van der Waals surface area contributed by atoms with Gasteiger partial charge in [0.1, 0.15) is 24.4 Å². The maximum absolute atomic E-state index is 11.1. The summed E-state index contributed by atoms with van der Waals surface area (Å²) >= 11 is 0. The molecular formula is C10H18N4O6. The van der Waals surface area contributed by atoms with E-state index >= 15 is 0 Å². The molecule has 0 aromatic rings. The summed E-state index contributed by atoms with van der Waals surface area (Å²) < 4.78 is 10.5. The molecule has 0 spiro atoms. The van der Waals surface area contributed by atoms with Gasteiger partial charge >= 0.3 is 0 Å². The van der Waals surface area contributed by atoms with E-state index in [-0.39, 0.29) is 13.2 Å². The molecule has 20 heavy (non-hydrogen) atoms. The van der Waals surface area contributed by atoms with Crippen LogP contribution < -0.4 is 5.32 Å². The second-order valence-electron chi connectivity index (χ2n) is 4.26. The number of hydrogen-bond acceptors (Lipinski definition) is 7. The van der Waals surface area contributed by atoms with E-state index in [2.05, 4.69) is 15.3 Å². The minimum absolute atomic E-state index is 0.00573. The second-order valence-corrected chi connectivity index (χ2v) is 4.26. The molecule has 0 unspecified atom stereocenters. The summed E-state index contributed by atoms with van der Waals surface area (Å²) in [5.74, 6) is -0.434. The van der Waals surface area contributed by atoms with Gasteiger partial charge in [0.05, 0.1) is 13.2 Å². The van der Waals surface area contributed by atoms with Crippen molar-refractivity contribution in [1.29, 1.82) is 0 Å². The van der Waals surface area contributed by atoms with Gasteiger partial charge in [0.25, 0.3) is 0 Å². The third kappa shape index (κ3) is 4.30. The van der Waals surface area contributed by atoms with E-state index in [1.54, 1.807) is 0 Å². The van der Waals surface area contributed by atoms with Crippen LogP contribution in [-0.4, -0.2) is 71.6 Å². The monoisotopic (exact) mass is 290 g/mol. The maximum atomic E-state index is 11.1. The van der Waals surface area contributed by atoms with Gasteiger partial charge in [-0.1, -0.05) is 5.11 Å². The summed E-state index contributed by atoms with van der Waals surface area (Å²) in [7, 11) is 0. The summed E-state index contributed by atoms with van der Waals surface area (Å²) in [5.41, 5.74) is 8.14. The van der Waals surface area contributed by atoms with Crippen molar-refractivity contribution in [3.8, 4) is 0 Å². The van der Waals surface area contributed by atoms with Gasteiger partial charge in [0, 0.05) is 18.4 Å². The van der Waals surface area contributed by atoms with Gasteiger partial charge in [-0.15, -0.1) is 0 Å². The van der Waals surface area contributed by atoms with E-state index in [4.69, 9.17) is 20.1 Å². The molecule has 1 fully saturated rings. The Morgan fingerprint density at radius 3 is 2.75 bits per heavy atom. The molecule has 1 amide bonds. The molecule has 0 aliphatic carbocycles. The highest BCUT2D eigenvalue weighted by Crippen LogP contribution is 2.22. The van der Waals surface area contributed by atoms with Gasteiger partial charge in [-0.05, 0) is 5.53 Å². The first-order chi connectivity index (χ1) is 9.51. The predicted octanol–water partition coefficient (Wildman–Crippen LogP) is -1.74. The lowest BCUT2D eigenvalue weighted by Crippen LogP contribution is -2.64. The fourth-order valence-corrected chi connectivity index (χ4v) is 1.87. The standard InChI is InChI=1S/C10H18N4O6/c1-5(16)13-7-9(18)8(17)6(4-15)20-10(7)19-3-2-12-14-11/h6-10,15,17-18H,2-4H2,1H3,(H,13,16)/t6-,7+,8+,9-,10+/m1/s1. The van der Waals surface area contributed by atoms with Crippen molar-refractivity contribution in [3.05, 3.63) is 10.4 Å². The Morgan fingerprint density at radius 1 is 1.50 bits per heavy atom. The minimum Gasteiger partial charge on any atom is -0.394 e. The number of azide groups is 1. The molecule has 0 saturated carbocycles. The number of hydrogen-bond donors (Lipinski definition) is 4. The van der Waals surface area contributed by atoms with Gasteiger partial charge in [-0.2, -0.15) is 0 Å². The van der Waals surface area contributed by atoms with Crippen LogP contribution in [0.15, 0.2) is 5.11 Å². The Labute approximate surface area is 114 Å². The molecule has 1 aliphatic rings. The van der Waals surface area contributed by atoms with Crippen LogP contribution in [0.25, 0.3) is 10.4 Å². The second kappa shape index (κ2) is 8.00. The number of nitrogens with zero attached hydrogens (tertiary/aromatic N) is 3. The average Bonchev–Trinajstić information content (AvgIpc) is 2.41. The third-order valence-electron chi connectivity index (χ3n) is 2.79. The van der Waals surface area contributed by atoms with E-state index in [1.165, 1.54) is 6.92 Å². The molecule has 1 aliphatic heterocycles. The van der Waals surface area contributed by atoms with Gasteiger partial charge in [-0.3, -0.25) is 4.79 Å². The summed E-state index contributed by atoms with van der Waals surface area (Å²) in [5, 5.41) is 34.4. The van der Waals surface area contributed by atoms with E-state index < -0.39 is 43.2 Å². The normalized spacial score (nSPS) is 33.3. The molecule has 10 nitrogen and oxygen atoms in total. The molecular weight excluding hydrogens is 272 g/mol. The Balaban J connectivity index is 2.72. The number of carbonyl (C=O) groups excluding carboxylic acids is 1. The van der Waals surface area contributed by atoms with Crippen molar-refractivity contribution >= 4 is 5.91 Å². The summed E-state index contributed by atoms with van der Waals surface area (Å²) in [4.78, 5) is 13.7. The zero-order valence-corrected chi connectivity index (χ0v) is 10.9. The number of nitrogens with one attached hydrogen (secondary N) is 1. The van der Waals surface area contributed by atoms with Crippen molar-refractivity contribution in [2.45, 2.75) is 37.6 Å². The molecule has 1 saturated heterocycles. The Bertz CT molecular complexity index is 375. The number of carbonyl (C=O) groups is 1. The van der Waals surface area contributed by atoms with E-state index in [1.807, 2.05) is 0 Å². The third-order valence-corrected chi connectivity index (χ3v) is 2.79. The topological polar surface area (TPSA) is 157 Å². The molecule has 114 valence electrons. The zero-order chi connectivity index (χ0) is 15.1. The Morgan fingerprint density at radius 2 is 2.20 bits per heavy atom. The predicted molar refractivity (Wildman–Crippen MR) is 65.3 cm³/mol. The molecule has 5 atom stereocenters. The lowest BCUT2D eigenvalue weighted by atomic mass is 9.97. The molecule has 1 heterocycles. The first-order valence-electron chi connectivity index (χ1n) is 6.03. The fraction of sp³-hybridized carbons (Fsp3) is 0.900. The SMILES string of the molecule is CC(=O)N[C@@H]1[C@@H](OCCN=[N+]=[N-])O[C@H](CO)[C@H](O)[C@@H]1O. The quantitative estimate of drug-likeness (QED) is 0.197. The van der Waals surface area contributed by atoms with Gasteiger partial charge in [-0.25, -0.2) is 0 Å². The van der Waals surface area contributed by atoms with Crippen molar-refractivity contribution in [2.24, 2.45) is 5.11 Å².